The first-order valence-electron chi connectivity index (χ1n) is 4.86. The fourth-order valence-corrected chi connectivity index (χ4v) is 1.60. The van der Waals surface area contributed by atoms with Crippen LogP contribution in [0.4, 0.5) is 5.69 Å². The van der Waals surface area contributed by atoms with Crippen LogP contribution < -0.4 is 5.32 Å². The van der Waals surface area contributed by atoms with Crippen molar-refractivity contribution < 1.29 is 5.11 Å². The lowest BCUT2D eigenvalue weighted by Gasteiger charge is -2.10. The van der Waals surface area contributed by atoms with E-state index in [-0.39, 0.29) is 0 Å². The summed E-state index contributed by atoms with van der Waals surface area (Å²) in [6.45, 7) is 2.87. The first kappa shape index (κ1) is 9.06. The van der Waals surface area contributed by atoms with Crippen LogP contribution in [0.15, 0.2) is 23.2 Å². The van der Waals surface area contributed by atoms with E-state index in [0.29, 0.717) is 5.75 Å². The summed E-state index contributed by atoms with van der Waals surface area (Å²) in [4.78, 5) is 4.31. The Bertz CT molecular complexity index is 351. The summed E-state index contributed by atoms with van der Waals surface area (Å²) in [6.07, 6.45) is 2.09. The number of benzene rings is 1. The maximum Gasteiger partial charge on any atom is 0.139 e. The van der Waals surface area contributed by atoms with Crippen molar-refractivity contribution in [3.63, 3.8) is 0 Å². The van der Waals surface area contributed by atoms with Gasteiger partial charge in [-0.2, -0.15) is 0 Å². The van der Waals surface area contributed by atoms with E-state index in [0.717, 1.165) is 36.5 Å². The van der Waals surface area contributed by atoms with E-state index in [1.165, 1.54) is 0 Å². The second-order valence-electron chi connectivity index (χ2n) is 3.53. The molecular weight excluding hydrogens is 176 g/mol. The summed E-state index contributed by atoms with van der Waals surface area (Å²) < 4.78 is 0. The van der Waals surface area contributed by atoms with Crippen molar-refractivity contribution in [1.29, 1.82) is 0 Å². The average molecular weight is 190 g/mol. The van der Waals surface area contributed by atoms with Crippen LogP contribution in [0.25, 0.3) is 0 Å². The van der Waals surface area contributed by atoms with Crippen molar-refractivity contribution in [3.05, 3.63) is 23.8 Å². The van der Waals surface area contributed by atoms with E-state index in [1.54, 1.807) is 6.07 Å². The largest absolute Gasteiger partial charge is 0.506 e. The molecule has 3 nitrogen and oxygen atoms in total. The number of aromatic hydroxyl groups is 1. The lowest BCUT2D eigenvalue weighted by Crippen LogP contribution is -2.09. The number of hydrogen-bond acceptors (Lipinski definition) is 3. The fourth-order valence-electron chi connectivity index (χ4n) is 1.60. The number of aryl methyl sites for hydroxylation is 1. The highest BCUT2D eigenvalue weighted by atomic mass is 16.3. The Hall–Kier alpha value is -1.51. The van der Waals surface area contributed by atoms with Crippen molar-refractivity contribution in [2.45, 2.75) is 19.8 Å². The van der Waals surface area contributed by atoms with Gasteiger partial charge in [0.2, 0.25) is 0 Å². The zero-order chi connectivity index (χ0) is 9.97. The van der Waals surface area contributed by atoms with Crippen molar-refractivity contribution in [3.8, 4) is 5.75 Å². The Morgan fingerprint density at radius 1 is 1.43 bits per heavy atom. The number of anilines is 1. The van der Waals surface area contributed by atoms with E-state index in [1.807, 2.05) is 19.1 Å². The number of para-hydroxylation sites is 1. The van der Waals surface area contributed by atoms with E-state index >= 15 is 0 Å². The van der Waals surface area contributed by atoms with Gasteiger partial charge in [0.1, 0.15) is 11.6 Å². The summed E-state index contributed by atoms with van der Waals surface area (Å²) in [5, 5.41) is 12.8. The van der Waals surface area contributed by atoms with Gasteiger partial charge in [0.25, 0.3) is 0 Å². The summed E-state index contributed by atoms with van der Waals surface area (Å²) in [5.74, 6) is 1.27. The molecule has 1 heterocycles. The Morgan fingerprint density at radius 3 is 2.93 bits per heavy atom. The van der Waals surface area contributed by atoms with Gasteiger partial charge in [-0.15, -0.1) is 0 Å². The van der Waals surface area contributed by atoms with Crippen LogP contribution in [-0.2, 0) is 0 Å². The van der Waals surface area contributed by atoms with Gasteiger partial charge in [-0.25, -0.2) is 0 Å². The smallest absolute Gasteiger partial charge is 0.139 e. The molecule has 0 atom stereocenters. The molecule has 14 heavy (non-hydrogen) atoms. The molecular formula is C11H14N2O. The molecule has 2 rings (SSSR count). The normalized spacial score (nSPS) is 15.4. The van der Waals surface area contributed by atoms with Gasteiger partial charge >= 0.3 is 0 Å². The number of amidine groups is 1. The number of hydrogen-bond donors (Lipinski definition) is 2. The van der Waals surface area contributed by atoms with Crippen LogP contribution in [0.5, 0.6) is 5.75 Å². The highest BCUT2D eigenvalue weighted by molar-refractivity contribution is 5.98. The molecule has 0 amide bonds. The lowest BCUT2D eigenvalue weighted by atomic mass is 10.2. The van der Waals surface area contributed by atoms with Gasteiger partial charge in [0.15, 0.2) is 0 Å². The van der Waals surface area contributed by atoms with E-state index in [2.05, 4.69) is 10.3 Å². The Morgan fingerprint density at radius 2 is 2.29 bits per heavy atom. The molecule has 2 N–H and O–H groups in total. The van der Waals surface area contributed by atoms with Crippen LogP contribution in [0.2, 0.25) is 0 Å². The molecule has 3 heteroatoms. The van der Waals surface area contributed by atoms with Crippen LogP contribution >= 0.6 is 0 Å². The van der Waals surface area contributed by atoms with Crippen molar-refractivity contribution in [2.24, 2.45) is 4.99 Å². The van der Waals surface area contributed by atoms with Gasteiger partial charge in [0.05, 0.1) is 5.69 Å². The van der Waals surface area contributed by atoms with Gasteiger partial charge < -0.3 is 10.4 Å². The zero-order valence-electron chi connectivity index (χ0n) is 8.25. The highest BCUT2D eigenvalue weighted by Gasteiger charge is 2.10. The summed E-state index contributed by atoms with van der Waals surface area (Å²) in [5.41, 5.74) is 1.83. The number of rotatable bonds is 1. The monoisotopic (exact) mass is 190 g/mol. The molecule has 0 aliphatic carbocycles. The Labute approximate surface area is 83.5 Å². The molecule has 1 aliphatic rings. The SMILES string of the molecule is Cc1cccc(O)c1NC1=NCCC1. The van der Waals surface area contributed by atoms with Crippen LogP contribution in [0, 0.1) is 6.92 Å². The van der Waals surface area contributed by atoms with Crippen molar-refractivity contribution in [2.75, 3.05) is 11.9 Å². The minimum absolute atomic E-state index is 0.291. The fraction of sp³-hybridized carbons (Fsp3) is 0.364. The Balaban J connectivity index is 2.23. The molecule has 0 saturated heterocycles. The molecule has 74 valence electrons. The standard InChI is InChI=1S/C11H14N2O/c1-8-4-2-5-9(14)11(8)13-10-6-3-7-12-10/h2,4-5,14H,3,6-7H2,1H3,(H,12,13). The van der Waals surface area contributed by atoms with Crippen LogP contribution in [0.1, 0.15) is 18.4 Å². The maximum atomic E-state index is 9.63. The van der Waals surface area contributed by atoms with Crippen LogP contribution in [-0.4, -0.2) is 17.5 Å². The third-order valence-corrected chi connectivity index (χ3v) is 2.39. The number of aliphatic imine (C=N–C) groups is 1. The first-order valence-corrected chi connectivity index (χ1v) is 4.86. The maximum absolute atomic E-state index is 9.63. The molecule has 1 aromatic rings. The third-order valence-electron chi connectivity index (χ3n) is 2.39. The second-order valence-corrected chi connectivity index (χ2v) is 3.53. The minimum atomic E-state index is 0.291. The molecule has 0 aromatic heterocycles. The molecule has 0 bridgehead atoms. The molecule has 0 unspecified atom stereocenters. The van der Waals surface area contributed by atoms with E-state index < -0.39 is 0 Å². The lowest BCUT2D eigenvalue weighted by molar-refractivity contribution is 0.477. The highest BCUT2D eigenvalue weighted by Crippen LogP contribution is 2.27. The molecule has 0 saturated carbocycles. The zero-order valence-corrected chi connectivity index (χ0v) is 8.25. The van der Waals surface area contributed by atoms with E-state index in [9.17, 15) is 5.11 Å². The predicted molar refractivity (Wildman–Crippen MR) is 58.0 cm³/mol. The van der Waals surface area contributed by atoms with Gasteiger partial charge in [-0.3, -0.25) is 4.99 Å². The molecule has 0 fully saturated rings. The summed E-state index contributed by atoms with van der Waals surface area (Å²) in [6, 6.07) is 5.49. The molecule has 0 spiro atoms. The van der Waals surface area contributed by atoms with Crippen molar-refractivity contribution in [1.82, 2.24) is 0 Å². The molecule has 1 aromatic carbocycles. The predicted octanol–water partition coefficient (Wildman–Crippen LogP) is 2.30. The number of phenolic OH excluding ortho intramolecular Hbond substituents is 1. The average Bonchev–Trinajstić information content (AvgIpc) is 2.64. The van der Waals surface area contributed by atoms with E-state index in [4.69, 9.17) is 0 Å². The van der Waals surface area contributed by atoms with Gasteiger partial charge in [0, 0.05) is 13.0 Å². The molecule has 0 radical (unpaired) electrons. The van der Waals surface area contributed by atoms with Crippen molar-refractivity contribution >= 4 is 11.5 Å². The second kappa shape index (κ2) is 3.70. The third kappa shape index (κ3) is 1.71. The number of phenols is 1. The topological polar surface area (TPSA) is 44.6 Å². The number of nitrogens with one attached hydrogen (secondary N) is 1. The quantitative estimate of drug-likeness (QED) is 0.667. The number of nitrogens with zero attached hydrogens (tertiary/aromatic N) is 1. The minimum Gasteiger partial charge on any atom is -0.506 e. The molecule has 1 aliphatic heterocycles. The summed E-state index contributed by atoms with van der Waals surface area (Å²) in [7, 11) is 0. The Kier molecular flexibility index (Phi) is 2.39. The van der Waals surface area contributed by atoms with Gasteiger partial charge in [-0.05, 0) is 25.0 Å². The van der Waals surface area contributed by atoms with Crippen LogP contribution in [0.3, 0.4) is 0 Å². The first-order chi connectivity index (χ1) is 6.77. The van der Waals surface area contributed by atoms with Gasteiger partial charge in [-0.1, -0.05) is 12.1 Å². The summed E-state index contributed by atoms with van der Waals surface area (Å²) >= 11 is 0.